The molecule has 2 aromatic carbocycles. The third kappa shape index (κ3) is 4.96. The molecule has 1 N–H and O–H groups in total. The van der Waals surface area contributed by atoms with Crippen LogP contribution in [-0.4, -0.2) is 40.4 Å². The van der Waals surface area contributed by atoms with Gasteiger partial charge in [-0.3, -0.25) is 9.59 Å². The zero-order chi connectivity index (χ0) is 23.4. The molecule has 1 aliphatic rings. The summed E-state index contributed by atoms with van der Waals surface area (Å²) in [5.41, 5.74) is 1.22. The fraction of sp³-hybridized carbons (Fsp3) is 0.385. The predicted molar refractivity (Wildman–Crippen MR) is 124 cm³/mol. The summed E-state index contributed by atoms with van der Waals surface area (Å²) in [6, 6.07) is 13.6. The van der Waals surface area contributed by atoms with Crippen molar-refractivity contribution in [2.45, 2.75) is 59.3 Å². The quantitative estimate of drug-likeness (QED) is 0.354. The summed E-state index contributed by atoms with van der Waals surface area (Å²) in [4.78, 5) is 27.4. The molecule has 0 saturated carbocycles. The van der Waals surface area contributed by atoms with E-state index >= 15 is 0 Å². The SMILES string of the molecule is CCCN1C(=O)C(=O)/C(=C(\O)c2cccc(OC(C)C)c2)C1c1cccc(OC(C)C)c1. The lowest BCUT2D eigenvalue weighted by atomic mass is 9.95. The monoisotopic (exact) mass is 437 g/mol. The molecule has 1 aliphatic heterocycles. The third-order valence-corrected chi connectivity index (χ3v) is 5.03. The highest BCUT2D eigenvalue weighted by molar-refractivity contribution is 6.46. The molecular weight excluding hydrogens is 406 g/mol. The van der Waals surface area contributed by atoms with Crippen LogP contribution in [0.4, 0.5) is 0 Å². The Hall–Kier alpha value is -3.28. The van der Waals surface area contributed by atoms with E-state index in [2.05, 4.69) is 0 Å². The van der Waals surface area contributed by atoms with E-state index in [-0.39, 0.29) is 23.5 Å². The van der Waals surface area contributed by atoms with Crippen LogP contribution in [0.2, 0.25) is 0 Å². The van der Waals surface area contributed by atoms with E-state index in [1.54, 1.807) is 24.3 Å². The van der Waals surface area contributed by atoms with Gasteiger partial charge < -0.3 is 19.5 Å². The number of carbonyl (C=O) groups excluding carboxylic acids is 2. The lowest BCUT2D eigenvalue weighted by molar-refractivity contribution is -0.139. The van der Waals surface area contributed by atoms with Gasteiger partial charge in [0.05, 0.1) is 23.8 Å². The second-order valence-corrected chi connectivity index (χ2v) is 8.43. The van der Waals surface area contributed by atoms with Gasteiger partial charge in [0.1, 0.15) is 17.3 Å². The Bertz CT molecular complexity index is 1020. The molecule has 32 heavy (non-hydrogen) atoms. The third-order valence-electron chi connectivity index (χ3n) is 5.03. The molecule has 6 nitrogen and oxygen atoms in total. The van der Waals surface area contributed by atoms with Crippen LogP contribution in [0, 0.1) is 0 Å². The van der Waals surface area contributed by atoms with Crippen LogP contribution in [-0.2, 0) is 9.59 Å². The van der Waals surface area contributed by atoms with E-state index < -0.39 is 17.7 Å². The number of aliphatic hydroxyl groups excluding tert-OH is 1. The number of hydrogen-bond acceptors (Lipinski definition) is 5. The van der Waals surface area contributed by atoms with E-state index in [0.29, 0.717) is 35.6 Å². The van der Waals surface area contributed by atoms with Crippen molar-refractivity contribution in [3.05, 3.63) is 65.2 Å². The highest BCUT2D eigenvalue weighted by Crippen LogP contribution is 2.40. The Labute approximate surface area is 189 Å². The Morgan fingerprint density at radius 3 is 2.16 bits per heavy atom. The lowest BCUT2D eigenvalue weighted by Gasteiger charge is -2.25. The van der Waals surface area contributed by atoms with Crippen molar-refractivity contribution in [2.24, 2.45) is 0 Å². The van der Waals surface area contributed by atoms with E-state index in [0.717, 1.165) is 0 Å². The van der Waals surface area contributed by atoms with Crippen molar-refractivity contribution in [1.82, 2.24) is 4.90 Å². The molecule has 1 amide bonds. The van der Waals surface area contributed by atoms with Crippen molar-refractivity contribution in [3.63, 3.8) is 0 Å². The minimum atomic E-state index is -0.694. The van der Waals surface area contributed by atoms with Gasteiger partial charge in [0.25, 0.3) is 11.7 Å². The number of carbonyl (C=O) groups is 2. The first-order chi connectivity index (χ1) is 15.2. The summed E-state index contributed by atoms with van der Waals surface area (Å²) in [7, 11) is 0. The smallest absolute Gasteiger partial charge is 0.295 e. The minimum Gasteiger partial charge on any atom is -0.507 e. The average molecular weight is 438 g/mol. The number of nitrogens with zero attached hydrogens (tertiary/aromatic N) is 1. The van der Waals surface area contributed by atoms with Crippen molar-refractivity contribution >= 4 is 17.4 Å². The van der Waals surface area contributed by atoms with Gasteiger partial charge in [-0.25, -0.2) is 0 Å². The number of ketones is 1. The maximum absolute atomic E-state index is 13.0. The van der Waals surface area contributed by atoms with Crippen molar-refractivity contribution in [2.75, 3.05) is 6.54 Å². The fourth-order valence-electron chi connectivity index (χ4n) is 3.87. The summed E-state index contributed by atoms with van der Waals surface area (Å²) >= 11 is 0. The minimum absolute atomic E-state index is 0.0176. The number of amides is 1. The maximum atomic E-state index is 13.0. The zero-order valence-electron chi connectivity index (χ0n) is 19.3. The van der Waals surface area contributed by atoms with Gasteiger partial charge in [-0.05, 0) is 63.9 Å². The Kier molecular flexibility index (Phi) is 7.23. The van der Waals surface area contributed by atoms with Gasteiger partial charge in [-0.2, -0.15) is 0 Å². The molecule has 0 spiro atoms. The fourth-order valence-corrected chi connectivity index (χ4v) is 3.87. The first-order valence-corrected chi connectivity index (χ1v) is 11.0. The van der Waals surface area contributed by atoms with Crippen LogP contribution in [0.1, 0.15) is 58.2 Å². The topological polar surface area (TPSA) is 76.1 Å². The van der Waals surface area contributed by atoms with Crippen LogP contribution >= 0.6 is 0 Å². The van der Waals surface area contributed by atoms with Crippen LogP contribution in [0.25, 0.3) is 5.76 Å². The Balaban J connectivity index is 2.13. The zero-order valence-corrected chi connectivity index (χ0v) is 19.3. The molecule has 1 unspecified atom stereocenters. The summed E-state index contributed by atoms with van der Waals surface area (Å²) in [6.07, 6.45) is 0.630. The molecule has 0 aliphatic carbocycles. The number of likely N-dealkylation sites (tertiary alicyclic amines) is 1. The number of hydrogen-bond donors (Lipinski definition) is 1. The lowest BCUT2D eigenvalue weighted by Crippen LogP contribution is -2.30. The van der Waals surface area contributed by atoms with Gasteiger partial charge in [0, 0.05) is 12.1 Å². The summed E-state index contributed by atoms with van der Waals surface area (Å²) in [5.74, 6) is -0.284. The molecule has 1 fully saturated rings. The Morgan fingerprint density at radius 2 is 1.56 bits per heavy atom. The molecule has 1 heterocycles. The van der Waals surface area contributed by atoms with Crippen LogP contribution in [0.5, 0.6) is 11.5 Å². The number of aliphatic hydroxyl groups is 1. The molecule has 0 aromatic heterocycles. The first-order valence-electron chi connectivity index (χ1n) is 11.0. The normalized spacial score (nSPS) is 18.0. The molecular formula is C26H31NO5. The van der Waals surface area contributed by atoms with Crippen LogP contribution < -0.4 is 9.47 Å². The summed E-state index contributed by atoms with van der Waals surface area (Å²) < 4.78 is 11.5. The highest BCUT2D eigenvalue weighted by Gasteiger charge is 2.45. The van der Waals surface area contributed by atoms with Gasteiger partial charge in [0.15, 0.2) is 0 Å². The highest BCUT2D eigenvalue weighted by atomic mass is 16.5. The largest absolute Gasteiger partial charge is 0.507 e. The van der Waals surface area contributed by atoms with Crippen LogP contribution in [0.3, 0.4) is 0 Å². The molecule has 2 aromatic rings. The molecule has 1 saturated heterocycles. The first kappa shape index (κ1) is 23.4. The Morgan fingerprint density at radius 1 is 0.969 bits per heavy atom. The number of ether oxygens (including phenoxy) is 2. The van der Waals surface area contributed by atoms with Gasteiger partial charge in [-0.15, -0.1) is 0 Å². The molecule has 3 rings (SSSR count). The van der Waals surface area contributed by atoms with E-state index in [1.807, 2.05) is 58.9 Å². The molecule has 0 radical (unpaired) electrons. The summed E-state index contributed by atoms with van der Waals surface area (Å²) in [6.45, 7) is 10.0. The maximum Gasteiger partial charge on any atom is 0.295 e. The molecule has 1 atom stereocenters. The summed E-state index contributed by atoms with van der Waals surface area (Å²) in [5, 5.41) is 11.2. The average Bonchev–Trinajstić information content (AvgIpc) is 2.98. The van der Waals surface area contributed by atoms with Gasteiger partial charge in [0.2, 0.25) is 0 Å². The van der Waals surface area contributed by atoms with E-state index in [1.165, 1.54) is 4.90 Å². The van der Waals surface area contributed by atoms with Gasteiger partial charge >= 0.3 is 0 Å². The van der Waals surface area contributed by atoms with E-state index in [4.69, 9.17) is 9.47 Å². The predicted octanol–water partition coefficient (Wildman–Crippen LogP) is 5.09. The molecule has 6 heteroatoms. The molecule has 170 valence electrons. The number of Topliss-reactive ketones (excluding diaryl/α,β-unsaturated/α-hetero) is 1. The van der Waals surface area contributed by atoms with Crippen LogP contribution in [0.15, 0.2) is 54.1 Å². The number of rotatable bonds is 8. The van der Waals surface area contributed by atoms with Crippen molar-refractivity contribution in [1.29, 1.82) is 0 Å². The number of benzene rings is 2. The van der Waals surface area contributed by atoms with E-state index in [9.17, 15) is 14.7 Å². The second-order valence-electron chi connectivity index (χ2n) is 8.43. The standard InChI is InChI=1S/C26H31NO5/c1-6-13-27-23(18-9-7-11-20(14-18)31-16(2)3)22(25(29)26(27)30)24(28)19-10-8-12-21(15-19)32-17(4)5/h7-12,14-17,23,28H,6,13H2,1-5H3/b24-22-. The second kappa shape index (κ2) is 9.90. The van der Waals surface area contributed by atoms with Crippen molar-refractivity contribution < 1.29 is 24.2 Å². The molecule has 0 bridgehead atoms. The van der Waals surface area contributed by atoms with Crippen molar-refractivity contribution in [3.8, 4) is 11.5 Å². The van der Waals surface area contributed by atoms with Gasteiger partial charge in [-0.1, -0.05) is 31.2 Å².